The van der Waals surface area contributed by atoms with Gasteiger partial charge in [0.2, 0.25) is 5.88 Å². The third kappa shape index (κ3) is 2.13. The quantitative estimate of drug-likeness (QED) is 0.589. The predicted octanol–water partition coefficient (Wildman–Crippen LogP) is 1.69. The Hall–Kier alpha value is -2.79. The molecule has 0 aliphatic rings. The average Bonchev–Trinajstić information content (AvgIpc) is 2.87. The van der Waals surface area contributed by atoms with E-state index in [9.17, 15) is 15.0 Å². The third-order valence-corrected chi connectivity index (χ3v) is 3.45. The van der Waals surface area contributed by atoms with Gasteiger partial charge in [0, 0.05) is 0 Å². The lowest BCUT2D eigenvalue weighted by Gasteiger charge is -2.28. The van der Waals surface area contributed by atoms with Crippen molar-refractivity contribution in [2.24, 2.45) is 0 Å². The van der Waals surface area contributed by atoms with Gasteiger partial charge in [-0.25, -0.2) is 4.79 Å². The minimum Gasteiger partial charge on any atom is -0.493 e. The number of aliphatic hydroxyl groups is 1. The largest absolute Gasteiger partial charge is 0.493 e. The normalized spacial score (nSPS) is 11.5. The van der Waals surface area contributed by atoms with Crippen molar-refractivity contribution in [3.05, 3.63) is 88.0 Å². The summed E-state index contributed by atoms with van der Waals surface area (Å²) in [6, 6.07) is 17.7. The lowest BCUT2D eigenvalue weighted by Crippen LogP contribution is -2.30. The summed E-state index contributed by atoms with van der Waals surface area (Å²) >= 11 is 0. The summed E-state index contributed by atoms with van der Waals surface area (Å²) in [6.45, 7) is 0. The summed E-state index contributed by atoms with van der Waals surface area (Å²) in [4.78, 5) is 16.1. The number of H-pyrrole nitrogens is 2. The van der Waals surface area contributed by atoms with Gasteiger partial charge >= 0.3 is 5.69 Å². The van der Waals surface area contributed by atoms with Gasteiger partial charge in [0.25, 0.3) is 0 Å². The standard InChI is InChI=1S/C16H14N2O3/c19-14-13(17-15(20)18-14)16(21,11-7-3-1-4-8-11)12-9-5-2-6-10-12/h1-10,19,21H,(H2,17,18,20). The van der Waals surface area contributed by atoms with Gasteiger partial charge in [-0.3, -0.25) is 4.98 Å². The zero-order valence-electron chi connectivity index (χ0n) is 11.1. The average molecular weight is 282 g/mol. The van der Waals surface area contributed by atoms with Crippen LogP contribution in [-0.2, 0) is 5.60 Å². The second kappa shape index (κ2) is 4.96. The number of benzene rings is 2. The van der Waals surface area contributed by atoms with E-state index in [1.807, 2.05) is 12.1 Å². The van der Waals surface area contributed by atoms with Crippen molar-refractivity contribution < 1.29 is 10.2 Å². The van der Waals surface area contributed by atoms with Crippen LogP contribution in [0.2, 0.25) is 0 Å². The number of nitrogens with one attached hydrogen (secondary N) is 2. The summed E-state index contributed by atoms with van der Waals surface area (Å²) in [5, 5.41) is 21.2. The van der Waals surface area contributed by atoms with Crippen LogP contribution >= 0.6 is 0 Å². The van der Waals surface area contributed by atoms with E-state index in [2.05, 4.69) is 9.97 Å². The number of aromatic amines is 2. The molecule has 21 heavy (non-hydrogen) atoms. The Kier molecular flexibility index (Phi) is 3.12. The zero-order chi connectivity index (χ0) is 14.9. The molecule has 3 aromatic rings. The fraction of sp³-hybridized carbons (Fsp3) is 0.0625. The molecule has 0 fully saturated rings. The molecule has 0 aliphatic heterocycles. The second-order valence-corrected chi connectivity index (χ2v) is 4.75. The van der Waals surface area contributed by atoms with Crippen LogP contribution in [0.1, 0.15) is 16.8 Å². The molecule has 1 heterocycles. The molecule has 0 bridgehead atoms. The van der Waals surface area contributed by atoms with Gasteiger partial charge in [0.15, 0.2) is 5.60 Å². The van der Waals surface area contributed by atoms with Crippen molar-refractivity contribution in [3.8, 4) is 5.88 Å². The highest BCUT2D eigenvalue weighted by molar-refractivity contribution is 5.47. The van der Waals surface area contributed by atoms with E-state index in [4.69, 9.17) is 0 Å². The van der Waals surface area contributed by atoms with E-state index < -0.39 is 11.3 Å². The molecule has 0 aliphatic carbocycles. The maximum atomic E-state index is 11.4. The highest BCUT2D eigenvalue weighted by Crippen LogP contribution is 2.38. The molecule has 0 saturated heterocycles. The van der Waals surface area contributed by atoms with Crippen molar-refractivity contribution in [1.29, 1.82) is 0 Å². The summed E-state index contributed by atoms with van der Waals surface area (Å²) in [5.41, 5.74) is -1.12. The van der Waals surface area contributed by atoms with E-state index in [0.717, 1.165) is 0 Å². The molecule has 1 aromatic heterocycles. The molecular formula is C16H14N2O3. The molecule has 0 unspecified atom stereocenters. The number of rotatable bonds is 3. The van der Waals surface area contributed by atoms with Crippen molar-refractivity contribution in [3.63, 3.8) is 0 Å². The minimum atomic E-state index is -1.65. The van der Waals surface area contributed by atoms with E-state index in [-0.39, 0.29) is 11.6 Å². The number of aromatic nitrogens is 2. The highest BCUT2D eigenvalue weighted by atomic mass is 16.3. The fourth-order valence-corrected chi connectivity index (χ4v) is 2.45. The third-order valence-electron chi connectivity index (χ3n) is 3.45. The summed E-state index contributed by atoms with van der Waals surface area (Å²) < 4.78 is 0. The molecule has 0 spiro atoms. The molecule has 5 heteroatoms. The number of hydrogen-bond donors (Lipinski definition) is 4. The van der Waals surface area contributed by atoms with Crippen LogP contribution in [-0.4, -0.2) is 20.2 Å². The van der Waals surface area contributed by atoms with Crippen LogP contribution in [0.15, 0.2) is 65.5 Å². The van der Waals surface area contributed by atoms with Crippen LogP contribution < -0.4 is 5.69 Å². The Morgan fingerprint density at radius 1 is 0.810 bits per heavy atom. The first kappa shape index (κ1) is 13.2. The first-order chi connectivity index (χ1) is 10.1. The Balaban J connectivity index is 2.31. The topological polar surface area (TPSA) is 89.1 Å². The lowest BCUT2D eigenvalue weighted by molar-refractivity contribution is 0.117. The van der Waals surface area contributed by atoms with Crippen LogP contribution in [0, 0.1) is 0 Å². The second-order valence-electron chi connectivity index (χ2n) is 4.75. The molecule has 0 amide bonds. The van der Waals surface area contributed by atoms with Gasteiger partial charge in [-0.2, -0.15) is 0 Å². The Labute approximate surface area is 120 Å². The minimum absolute atomic E-state index is 0.0184. The fourth-order valence-electron chi connectivity index (χ4n) is 2.45. The molecule has 2 aromatic carbocycles. The van der Waals surface area contributed by atoms with Gasteiger partial charge in [-0.15, -0.1) is 0 Å². The number of imidazole rings is 1. The monoisotopic (exact) mass is 282 g/mol. The Morgan fingerprint density at radius 2 is 1.29 bits per heavy atom. The van der Waals surface area contributed by atoms with E-state index >= 15 is 0 Å². The highest BCUT2D eigenvalue weighted by Gasteiger charge is 2.38. The van der Waals surface area contributed by atoms with Crippen molar-refractivity contribution in [1.82, 2.24) is 9.97 Å². The smallest absolute Gasteiger partial charge is 0.326 e. The molecule has 5 nitrogen and oxygen atoms in total. The summed E-state index contributed by atoms with van der Waals surface area (Å²) in [5.74, 6) is -0.379. The SMILES string of the molecule is O=c1[nH]c(O)c(C(O)(c2ccccc2)c2ccccc2)[nH]1. The summed E-state index contributed by atoms with van der Waals surface area (Å²) in [7, 11) is 0. The number of aromatic hydroxyl groups is 1. The lowest BCUT2D eigenvalue weighted by atomic mass is 9.83. The zero-order valence-corrected chi connectivity index (χ0v) is 11.1. The molecule has 0 radical (unpaired) electrons. The van der Waals surface area contributed by atoms with E-state index in [1.165, 1.54) is 0 Å². The maximum absolute atomic E-state index is 11.4. The maximum Gasteiger partial charge on any atom is 0.326 e. The molecule has 106 valence electrons. The molecule has 0 saturated carbocycles. The van der Waals surface area contributed by atoms with Gasteiger partial charge in [0.1, 0.15) is 5.69 Å². The summed E-state index contributed by atoms with van der Waals surface area (Å²) in [6.07, 6.45) is 0. The molecule has 0 atom stereocenters. The van der Waals surface area contributed by atoms with Crippen LogP contribution in [0.25, 0.3) is 0 Å². The van der Waals surface area contributed by atoms with Crippen molar-refractivity contribution in [2.75, 3.05) is 0 Å². The Bertz CT molecular complexity index is 752. The van der Waals surface area contributed by atoms with E-state index in [0.29, 0.717) is 11.1 Å². The molecular weight excluding hydrogens is 268 g/mol. The number of hydrogen-bond acceptors (Lipinski definition) is 3. The van der Waals surface area contributed by atoms with Gasteiger partial charge in [-0.1, -0.05) is 60.7 Å². The molecule has 3 rings (SSSR count). The van der Waals surface area contributed by atoms with Crippen molar-refractivity contribution in [2.45, 2.75) is 5.60 Å². The molecule has 4 N–H and O–H groups in total. The van der Waals surface area contributed by atoms with Crippen LogP contribution in [0.5, 0.6) is 5.88 Å². The Morgan fingerprint density at radius 3 is 1.67 bits per heavy atom. The van der Waals surface area contributed by atoms with Gasteiger partial charge in [0.05, 0.1) is 0 Å². The van der Waals surface area contributed by atoms with Crippen molar-refractivity contribution >= 4 is 0 Å². The van der Waals surface area contributed by atoms with Gasteiger partial charge in [-0.05, 0) is 11.1 Å². The first-order valence-corrected chi connectivity index (χ1v) is 6.47. The van der Waals surface area contributed by atoms with Crippen LogP contribution in [0.3, 0.4) is 0 Å². The van der Waals surface area contributed by atoms with E-state index in [1.54, 1.807) is 48.5 Å². The first-order valence-electron chi connectivity index (χ1n) is 6.47. The van der Waals surface area contributed by atoms with Gasteiger partial charge < -0.3 is 15.2 Å². The predicted molar refractivity (Wildman–Crippen MR) is 78.1 cm³/mol. The van der Waals surface area contributed by atoms with Crippen LogP contribution in [0.4, 0.5) is 0 Å².